The number of halogens is 3. The standard InChI is InChI=1S/C19H19F3N8O2/c1-10-5-13(14-9-30(29-28-14)11(2)18(32)25-8-15(23)31)26-17(6-10)27-16-7-12(3-4-24-16)19(20,21)22/h3-7,9,11H,8H2,1-2H3,(H2,23,31)(H,25,32)(H,24,26,27)/t11-/m1/s1. The number of rotatable bonds is 7. The minimum Gasteiger partial charge on any atom is -0.368 e. The van der Waals surface area contributed by atoms with Crippen molar-refractivity contribution < 1.29 is 22.8 Å². The van der Waals surface area contributed by atoms with Crippen molar-refractivity contribution in [2.75, 3.05) is 11.9 Å². The van der Waals surface area contributed by atoms with Crippen molar-refractivity contribution >= 4 is 23.5 Å². The van der Waals surface area contributed by atoms with Crippen molar-refractivity contribution in [3.05, 3.63) is 47.8 Å². The topological polar surface area (TPSA) is 141 Å². The van der Waals surface area contributed by atoms with Crippen LogP contribution in [0.5, 0.6) is 0 Å². The first-order valence-corrected chi connectivity index (χ1v) is 9.30. The van der Waals surface area contributed by atoms with Crippen molar-refractivity contribution in [1.82, 2.24) is 30.3 Å². The third-order valence-electron chi connectivity index (χ3n) is 4.30. The number of alkyl halides is 3. The minimum atomic E-state index is -4.50. The molecule has 0 unspecified atom stereocenters. The Kier molecular flexibility index (Phi) is 6.37. The number of nitrogens with one attached hydrogen (secondary N) is 2. The summed E-state index contributed by atoms with van der Waals surface area (Å²) in [5, 5.41) is 13.1. The van der Waals surface area contributed by atoms with E-state index in [0.29, 0.717) is 11.4 Å². The molecule has 0 saturated carbocycles. The molecule has 3 aromatic heterocycles. The van der Waals surface area contributed by atoms with Crippen molar-refractivity contribution in [3.63, 3.8) is 0 Å². The van der Waals surface area contributed by atoms with Gasteiger partial charge in [0.25, 0.3) is 0 Å². The average Bonchev–Trinajstić information content (AvgIpc) is 3.21. The van der Waals surface area contributed by atoms with Crippen molar-refractivity contribution in [2.24, 2.45) is 5.73 Å². The number of primary amides is 1. The van der Waals surface area contributed by atoms with Crippen LogP contribution in [0.2, 0.25) is 0 Å². The highest BCUT2D eigenvalue weighted by atomic mass is 19.4. The van der Waals surface area contributed by atoms with Gasteiger partial charge in [0.05, 0.1) is 24.0 Å². The van der Waals surface area contributed by atoms with Gasteiger partial charge in [0, 0.05) is 6.20 Å². The summed E-state index contributed by atoms with van der Waals surface area (Å²) in [5.41, 5.74) is 5.65. The maximum atomic E-state index is 12.9. The molecule has 0 aliphatic heterocycles. The van der Waals surface area contributed by atoms with Crippen LogP contribution >= 0.6 is 0 Å². The Morgan fingerprint density at radius 2 is 1.94 bits per heavy atom. The van der Waals surface area contributed by atoms with Gasteiger partial charge in [-0.25, -0.2) is 14.6 Å². The Labute approximate surface area is 180 Å². The number of pyridine rings is 2. The summed E-state index contributed by atoms with van der Waals surface area (Å²) in [7, 11) is 0. The van der Waals surface area contributed by atoms with Crippen LogP contribution in [-0.4, -0.2) is 43.3 Å². The number of carbonyl (C=O) groups excluding carboxylic acids is 2. The van der Waals surface area contributed by atoms with Gasteiger partial charge in [-0.1, -0.05) is 5.21 Å². The predicted octanol–water partition coefficient (Wildman–Crippen LogP) is 1.97. The largest absolute Gasteiger partial charge is 0.416 e. The molecule has 13 heteroatoms. The summed E-state index contributed by atoms with van der Waals surface area (Å²) in [4.78, 5) is 31.2. The molecule has 0 radical (unpaired) electrons. The van der Waals surface area contributed by atoms with Crippen LogP contribution in [0.3, 0.4) is 0 Å². The lowest BCUT2D eigenvalue weighted by atomic mass is 10.2. The molecule has 32 heavy (non-hydrogen) atoms. The molecule has 168 valence electrons. The molecular weight excluding hydrogens is 429 g/mol. The van der Waals surface area contributed by atoms with E-state index in [0.717, 1.165) is 23.9 Å². The molecule has 1 atom stereocenters. The van der Waals surface area contributed by atoms with Crippen LogP contribution in [0.1, 0.15) is 24.1 Å². The fourth-order valence-corrected chi connectivity index (χ4v) is 2.69. The minimum absolute atomic E-state index is 0.0210. The molecule has 0 fully saturated rings. The molecule has 0 saturated heterocycles. The lowest BCUT2D eigenvalue weighted by molar-refractivity contribution is -0.137. The van der Waals surface area contributed by atoms with E-state index in [1.54, 1.807) is 26.0 Å². The molecule has 3 heterocycles. The van der Waals surface area contributed by atoms with Crippen LogP contribution < -0.4 is 16.4 Å². The molecule has 4 N–H and O–H groups in total. The number of amides is 2. The normalized spacial score (nSPS) is 12.3. The average molecular weight is 448 g/mol. The first-order chi connectivity index (χ1) is 15.0. The summed E-state index contributed by atoms with van der Waals surface area (Å²) in [6, 6.07) is 4.32. The molecule has 0 bridgehead atoms. The SMILES string of the molecule is Cc1cc(Nc2cc(C(F)(F)F)ccn2)nc(-c2cn([C@H](C)C(=O)NCC(N)=O)nn2)c1. The van der Waals surface area contributed by atoms with Crippen LogP contribution in [-0.2, 0) is 15.8 Å². The van der Waals surface area contributed by atoms with Gasteiger partial charge in [-0.2, -0.15) is 13.2 Å². The van der Waals surface area contributed by atoms with Crippen molar-refractivity contribution in [1.29, 1.82) is 0 Å². The number of hydrogen-bond donors (Lipinski definition) is 3. The Bertz CT molecular complexity index is 1150. The zero-order chi connectivity index (χ0) is 23.5. The molecule has 0 aliphatic carbocycles. The Balaban J connectivity index is 1.81. The summed E-state index contributed by atoms with van der Waals surface area (Å²) in [6.07, 6.45) is -1.95. The maximum Gasteiger partial charge on any atom is 0.416 e. The Morgan fingerprint density at radius 3 is 2.62 bits per heavy atom. The zero-order valence-electron chi connectivity index (χ0n) is 17.0. The fourth-order valence-electron chi connectivity index (χ4n) is 2.69. The molecule has 0 spiro atoms. The van der Waals surface area contributed by atoms with Crippen LogP contribution in [0.4, 0.5) is 24.8 Å². The fraction of sp³-hybridized carbons (Fsp3) is 0.263. The summed E-state index contributed by atoms with van der Waals surface area (Å²) in [6.45, 7) is 3.04. The second-order valence-electron chi connectivity index (χ2n) is 6.91. The monoisotopic (exact) mass is 448 g/mol. The Hall–Kier alpha value is -4.03. The zero-order valence-corrected chi connectivity index (χ0v) is 17.0. The third-order valence-corrected chi connectivity index (χ3v) is 4.30. The van der Waals surface area contributed by atoms with Gasteiger partial charge >= 0.3 is 6.18 Å². The lowest BCUT2D eigenvalue weighted by Crippen LogP contribution is -2.37. The molecular formula is C19H19F3N8O2. The van der Waals surface area contributed by atoms with Crippen LogP contribution in [0, 0.1) is 6.92 Å². The van der Waals surface area contributed by atoms with Crippen molar-refractivity contribution in [2.45, 2.75) is 26.1 Å². The quantitative estimate of drug-likeness (QED) is 0.502. The number of carbonyl (C=O) groups is 2. The van der Waals surface area contributed by atoms with Gasteiger partial charge in [0.1, 0.15) is 23.4 Å². The summed E-state index contributed by atoms with van der Waals surface area (Å²) < 4.78 is 40.1. The van der Waals surface area contributed by atoms with Gasteiger partial charge < -0.3 is 16.4 Å². The Morgan fingerprint density at radius 1 is 1.19 bits per heavy atom. The van der Waals surface area contributed by atoms with E-state index in [1.807, 2.05) is 0 Å². The predicted molar refractivity (Wildman–Crippen MR) is 107 cm³/mol. The van der Waals surface area contributed by atoms with Crippen LogP contribution in [0.25, 0.3) is 11.4 Å². The van der Waals surface area contributed by atoms with Gasteiger partial charge in [0.2, 0.25) is 11.8 Å². The maximum absolute atomic E-state index is 12.9. The van der Waals surface area contributed by atoms with E-state index in [4.69, 9.17) is 5.73 Å². The lowest BCUT2D eigenvalue weighted by Gasteiger charge is -2.11. The van der Waals surface area contributed by atoms with E-state index in [1.165, 1.54) is 10.9 Å². The number of hydrogen-bond acceptors (Lipinski definition) is 7. The highest BCUT2D eigenvalue weighted by Crippen LogP contribution is 2.30. The van der Waals surface area contributed by atoms with Gasteiger partial charge in [-0.15, -0.1) is 5.10 Å². The van der Waals surface area contributed by atoms with E-state index in [9.17, 15) is 22.8 Å². The second kappa shape index (κ2) is 8.99. The highest BCUT2D eigenvalue weighted by Gasteiger charge is 2.30. The molecule has 0 aromatic carbocycles. The third kappa shape index (κ3) is 5.56. The molecule has 3 aromatic rings. The molecule has 10 nitrogen and oxygen atoms in total. The summed E-state index contributed by atoms with van der Waals surface area (Å²) in [5.74, 6) is -0.916. The van der Waals surface area contributed by atoms with E-state index < -0.39 is 29.6 Å². The number of nitrogens with two attached hydrogens (primary N) is 1. The second-order valence-corrected chi connectivity index (χ2v) is 6.91. The van der Waals surface area contributed by atoms with Gasteiger partial charge in [-0.3, -0.25) is 9.59 Å². The van der Waals surface area contributed by atoms with Crippen molar-refractivity contribution in [3.8, 4) is 11.4 Å². The van der Waals surface area contributed by atoms with E-state index in [2.05, 4.69) is 30.9 Å². The smallest absolute Gasteiger partial charge is 0.368 e. The molecule has 0 aliphatic rings. The van der Waals surface area contributed by atoms with E-state index in [-0.39, 0.29) is 18.2 Å². The van der Waals surface area contributed by atoms with E-state index >= 15 is 0 Å². The molecule has 2 amide bonds. The summed E-state index contributed by atoms with van der Waals surface area (Å²) >= 11 is 0. The number of anilines is 2. The number of aromatic nitrogens is 5. The number of aryl methyl sites for hydroxylation is 1. The van der Waals surface area contributed by atoms with Crippen LogP contribution in [0.15, 0.2) is 36.7 Å². The number of nitrogens with zero attached hydrogens (tertiary/aromatic N) is 5. The highest BCUT2D eigenvalue weighted by molar-refractivity contribution is 5.85. The van der Waals surface area contributed by atoms with Gasteiger partial charge in [0.15, 0.2) is 0 Å². The molecule has 3 rings (SSSR count). The first kappa shape index (κ1) is 22.7. The first-order valence-electron chi connectivity index (χ1n) is 9.30. The van der Waals surface area contributed by atoms with Gasteiger partial charge in [-0.05, 0) is 43.7 Å².